The zero-order valence-corrected chi connectivity index (χ0v) is 15.1. The summed E-state index contributed by atoms with van der Waals surface area (Å²) in [5, 5.41) is 0. The summed E-state index contributed by atoms with van der Waals surface area (Å²) in [5.41, 5.74) is 2.34. The minimum atomic E-state index is -0.427. The molecule has 130 valence electrons. The fourth-order valence-corrected chi connectivity index (χ4v) is 3.13. The van der Waals surface area contributed by atoms with Crippen LogP contribution in [0.2, 0.25) is 0 Å². The number of para-hydroxylation sites is 2. The molecule has 3 aromatic rings. The molecule has 0 unspecified atom stereocenters. The molecule has 2 aromatic carbocycles. The Morgan fingerprint density at radius 3 is 2.60 bits per heavy atom. The molecule has 1 amide bonds. The van der Waals surface area contributed by atoms with Crippen molar-refractivity contribution < 1.29 is 9.21 Å². The van der Waals surface area contributed by atoms with Gasteiger partial charge in [-0.25, -0.2) is 4.79 Å². The van der Waals surface area contributed by atoms with Gasteiger partial charge in [-0.1, -0.05) is 24.3 Å². The molecule has 0 aliphatic carbocycles. The zero-order chi connectivity index (χ0) is 17.8. The number of aromatic nitrogens is 1. The topological polar surface area (TPSA) is 55.5 Å². The Hall–Kier alpha value is -2.47. The van der Waals surface area contributed by atoms with Crippen molar-refractivity contribution in [2.24, 2.45) is 0 Å². The normalized spacial score (nSPS) is 11.0. The molecule has 1 heterocycles. The number of carbonyl (C=O) groups excluding carboxylic acids is 1. The van der Waals surface area contributed by atoms with Crippen molar-refractivity contribution in [2.45, 2.75) is 24.4 Å². The van der Waals surface area contributed by atoms with E-state index < -0.39 is 5.76 Å². The van der Waals surface area contributed by atoms with E-state index in [-0.39, 0.29) is 12.3 Å². The SMILES string of the molecule is CSc1ccc(CN(C)C(=O)CCn2c(=O)oc3ccccc32)cc1. The first kappa shape index (κ1) is 17.4. The molecule has 0 fully saturated rings. The van der Waals surface area contributed by atoms with Crippen LogP contribution in [-0.2, 0) is 17.9 Å². The Labute approximate surface area is 150 Å². The molecule has 0 spiro atoms. The van der Waals surface area contributed by atoms with Crippen molar-refractivity contribution >= 4 is 28.8 Å². The van der Waals surface area contributed by atoms with Crippen molar-refractivity contribution in [3.05, 3.63) is 64.6 Å². The summed E-state index contributed by atoms with van der Waals surface area (Å²) in [5.74, 6) is -0.435. The van der Waals surface area contributed by atoms with Gasteiger partial charge in [0.2, 0.25) is 5.91 Å². The Kier molecular flexibility index (Phi) is 5.28. The third kappa shape index (κ3) is 3.96. The summed E-state index contributed by atoms with van der Waals surface area (Å²) in [4.78, 5) is 27.2. The van der Waals surface area contributed by atoms with Crippen LogP contribution in [0.5, 0.6) is 0 Å². The van der Waals surface area contributed by atoms with Crippen LogP contribution in [-0.4, -0.2) is 28.7 Å². The molecule has 6 heteroatoms. The lowest BCUT2D eigenvalue weighted by atomic mass is 10.2. The average Bonchev–Trinajstić information content (AvgIpc) is 2.95. The zero-order valence-electron chi connectivity index (χ0n) is 14.3. The highest BCUT2D eigenvalue weighted by Gasteiger charge is 2.13. The first-order chi connectivity index (χ1) is 12.1. The number of hydrogen-bond donors (Lipinski definition) is 0. The molecule has 3 rings (SSSR count). The van der Waals surface area contributed by atoms with Crippen LogP contribution in [0.4, 0.5) is 0 Å². The van der Waals surface area contributed by atoms with E-state index >= 15 is 0 Å². The molecule has 0 atom stereocenters. The lowest BCUT2D eigenvalue weighted by Crippen LogP contribution is -2.28. The van der Waals surface area contributed by atoms with E-state index in [4.69, 9.17) is 4.42 Å². The predicted molar refractivity (Wildman–Crippen MR) is 99.8 cm³/mol. The average molecular weight is 356 g/mol. The van der Waals surface area contributed by atoms with Crippen molar-refractivity contribution in [3.8, 4) is 0 Å². The van der Waals surface area contributed by atoms with Gasteiger partial charge in [-0.2, -0.15) is 0 Å². The molecular formula is C19H20N2O3S. The molecule has 0 N–H and O–H groups in total. The molecule has 0 aliphatic heterocycles. The van der Waals surface area contributed by atoms with E-state index in [2.05, 4.69) is 12.1 Å². The van der Waals surface area contributed by atoms with Crippen LogP contribution in [0.1, 0.15) is 12.0 Å². The van der Waals surface area contributed by atoms with E-state index in [1.165, 1.54) is 9.46 Å². The fraction of sp³-hybridized carbons (Fsp3) is 0.263. The summed E-state index contributed by atoms with van der Waals surface area (Å²) in [6.07, 6.45) is 2.29. The van der Waals surface area contributed by atoms with Crippen LogP contribution in [0.25, 0.3) is 11.1 Å². The van der Waals surface area contributed by atoms with E-state index in [0.29, 0.717) is 18.7 Å². The number of benzene rings is 2. The van der Waals surface area contributed by atoms with Crippen LogP contribution in [0, 0.1) is 0 Å². The highest BCUT2D eigenvalue weighted by atomic mass is 32.2. The highest BCUT2D eigenvalue weighted by molar-refractivity contribution is 7.98. The second-order valence-electron chi connectivity index (χ2n) is 5.84. The van der Waals surface area contributed by atoms with E-state index in [9.17, 15) is 9.59 Å². The number of nitrogens with zero attached hydrogens (tertiary/aromatic N) is 2. The van der Waals surface area contributed by atoms with E-state index in [0.717, 1.165) is 11.1 Å². The van der Waals surface area contributed by atoms with Gasteiger partial charge >= 0.3 is 5.76 Å². The predicted octanol–water partition coefficient (Wildman–Crippen LogP) is 3.37. The summed E-state index contributed by atoms with van der Waals surface area (Å²) in [7, 11) is 1.78. The first-order valence-electron chi connectivity index (χ1n) is 8.04. The molecule has 0 aliphatic rings. The van der Waals surface area contributed by atoms with Crippen molar-refractivity contribution in [1.29, 1.82) is 0 Å². The van der Waals surface area contributed by atoms with Crippen LogP contribution in [0.15, 0.2) is 62.6 Å². The number of rotatable bonds is 6. The van der Waals surface area contributed by atoms with E-state index in [1.54, 1.807) is 29.8 Å². The van der Waals surface area contributed by atoms with Gasteiger partial charge in [0, 0.05) is 31.5 Å². The second-order valence-corrected chi connectivity index (χ2v) is 6.71. The van der Waals surface area contributed by atoms with Gasteiger partial charge in [-0.3, -0.25) is 9.36 Å². The molecular weight excluding hydrogens is 336 g/mol. The monoisotopic (exact) mass is 356 g/mol. The lowest BCUT2D eigenvalue weighted by Gasteiger charge is -2.17. The highest BCUT2D eigenvalue weighted by Crippen LogP contribution is 2.16. The van der Waals surface area contributed by atoms with Gasteiger partial charge in [0.15, 0.2) is 5.58 Å². The molecule has 0 radical (unpaired) electrons. The maximum Gasteiger partial charge on any atom is 0.419 e. The Morgan fingerprint density at radius 2 is 1.88 bits per heavy atom. The van der Waals surface area contributed by atoms with Crippen LogP contribution < -0.4 is 5.76 Å². The number of hydrogen-bond acceptors (Lipinski definition) is 4. The van der Waals surface area contributed by atoms with Gasteiger partial charge in [0.1, 0.15) is 0 Å². The number of amides is 1. The molecule has 25 heavy (non-hydrogen) atoms. The Balaban J connectivity index is 1.63. The maximum atomic E-state index is 12.4. The fourth-order valence-electron chi connectivity index (χ4n) is 2.72. The van der Waals surface area contributed by atoms with Crippen LogP contribution in [0.3, 0.4) is 0 Å². The van der Waals surface area contributed by atoms with Crippen LogP contribution >= 0.6 is 11.8 Å². The number of thioether (sulfide) groups is 1. The third-order valence-corrected chi connectivity index (χ3v) is 4.87. The van der Waals surface area contributed by atoms with Crippen molar-refractivity contribution in [2.75, 3.05) is 13.3 Å². The molecule has 0 saturated carbocycles. The third-order valence-electron chi connectivity index (χ3n) is 4.13. The number of oxazole rings is 1. The summed E-state index contributed by atoms with van der Waals surface area (Å²) >= 11 is 1.69. The van der Waals surface area contributed by atoms with Crippen molar-refractivity contribution in [3.63, 3.8) is 0 Å². The van der Waals surface area contributed by atoms with Crippen molar-refractivity contribution in [1.82, 2.24) is 9.47 Å². The quantitative estimate of drug-likeness (QED) is 0.636. The minimum Gasteiger partial charge on any atom is -0.408 e. The maximum absolute atomic E-state index is 12.4. The van der Waals surface area contributed by atoms with E-state index in [1.807, 2.05) is 36.6 Å². The Bertz CT molecular complexity index is 928. The summed E-state index contributed by atoms with van der Waals surface area (Å²) in [6, 6.07) is 15.4. The first-order valence-corrected chi connectivity index (χ1v) is 9.26. The number of fused-ring (bicyclic) bond motifs is 1. The van der Waals surface area contributed by atoms with Gasteiger partial charge in [-0.15, -0.1) is 11.8 Å². The lowest BCUT2D eigenvalue weighted by molar-refractivity contribution is -0.130. The Morgan fingerprint density at radius 1 is 1.16 bits per heavy atom. The molecule has 0 bridgehead atoms. The second kappa shape index (κ2) is 7.61. The number of carbonyl (C=O) groups is 1. The van der Waals surface area contributed by atoms with Gasteiger partial charge in [0.05, 0.1) is 5.52 Å². The molecule has 5 nitrogen and oxygen atoms in total. The summed E-state index contributed by atoms with van der Waals surface area (Å²) < 4.78 is 6.70. The minimum absolute atomic E-state index is 0.00822. The number of aryl methyl sites for hydroxylation is 1. The molecule has 1 aromatic heterocycles. The largest absolute Gasteiger partial charge is 0.419 e. The standard InChI is InChI=1S/C19H20N2O3S/c1-20(13-14-7-9-15(25-2)10-8-14)18(22)11-12-21-16-5-3-4-6-17(16)24-19(21)23/h3-10H,11-13H2,1-2H3. The molecule has 0 saturated heterocycles. The van der Waals surface area contributed by atoms with Gasteiger partial charge in [-0.05, 0) is 36.1 Å². The summed E-state index contributed by atoms with van der Waals surface area (Å²) in [6.45, 7) is 0.860. The van der Waals surface area contributed by atoms with Gasteiger partial charge in [0.25, 0.3) is 0 Å². The smallest absolute Gasteiger partial charge is 0.408 e. The van der Waals surface area contributed by atoms with Gasteiger partial charge < -0.3 is 9.32 Å².